The number of hydrogen-bond acceptors (Lipinski definition) is 5. The van der Waals surface area contributed by atoms with Crippen LogP contribution in [0.5, 0.6) is 0 Å². The average Bonchev–Trinajstić information content (AvgIpc) is 3.08. The fourth-order valence-corrected chi connectivity index (χ4v) is 5.28. The molecule has 27 heavy (non-hydrogen) atoms. The highest BCUT2D eigenvalue weighted by Crippen LogP contribution is 2.18. The number of nitrogens with zero attached hydrogens (tertiary/aromatic N) is 2. The van der Waals surface area contributed by atoms with Crippen LogP contribution in [0.4, 0.5) is 0 Å². The summed E-state index contributed by atoms with van der Waals surface area (Å²) in [5.41, 5.74) is 1.98. The highest BCUT2D eigenvalue weighted by molar-refractivity contribution is 7.89. The van der Waals surface area contributed by atoms with Crippen molar-refractivity contribution >= 4 is 27.3 Å². The molecular formula is C19H25N3O3S2. The zero-order valence-corrected chi connectivity index (χ0v) is 17.3. The first-order valence-electron chi connectivity index (χ1n) is 8.98. The second-order valence-corrected chi connectivity index (χ2v) is 9.64. The van der Waals surface area contributed by atoms with Gasteiger partial charge in [0.1, 0.15) is 0 Å². The van der Waals surface area contributed by atoms with Gasteiger partial charge in [0.2, 0.25) is 10.0 Å². The molecule has 1 aliphatic heterocycles. The highest BCUT2D eigenvalue weighted by atomic mass is 32.2. The Labute approximate surface area is 164 Å². The van der Waals surface area contributed by atoms with Crippen molar-refractivity contribution in [3.05, 3.63) is 51.7 Å². The third kappa shape index (κ3) is 4.76. The van der Waals surface area contributed by atoms with Crippen molar-refractivity contribution in [1.29, 1.82) is 0 Å². The molecule has 1 aromatic carbocycles. The number of piperazine rings is 1. The van der Waals surface area contributed by atoms with Gasteiger partial charge in [-0.1, -0.05) is 12.1 Å². The first-order valence-corrected chi connectivity index (χ1v) is 11.3. The third-order valence-corrected chi connectivity index (χ3v) is 7.72. The van der Waals surface area contributed by atoms with Gasteiger partial charge in [-0.15, -0.1) is 11.3 Å². The van der Waals surface area contributed by atoms with E-state index in [0.29, 0.717) is 31.0 Å². The number of aryl methyl sites for hydroxylation is 1. The fraction of sp³-hybridized carbons (Fsp3) is 0.421. The maximum atomic E-state index is 12.7. The van der Waals surface area contributed by atoms with Crippen molar-refractivity contribution in [2.24, 2.45) is 0 Å². The van der Waals surface area contributed by atoms with Crippen LogP contribution in [0.1, 0.15) is 20.8 Å². The monoisotopic (exact) mass is 407 g/mol. The predicted octanol–water partition coefficient (Wildman–Crippen LogP) is 1.97. The van der Waals surface area contributed by atoms with Crippen LogP contribution in [0.25, 0.3) is 0 Å². The normalized spacial score (nSPS) is 16.4. The van der Waals surface area contributed by atoms with E-state index in [1.807, 2.05) is 37.6 Å². The summed E-state index contributed by atoms with van der Waals surface area (Å²) in [6.07, 6.45) is 0.658. The second-order valence-electron chi connectivity index (χ2n) is 6.79. The SMILES string of the molecule is Cc1ccsc1C(=O)NCCc1ccc(S(=O)(=O)N2CCN(C)CC2)cc1. The Morgan fingerprint density at radius 2 is 1.78 bits per heavy atom. The lowest BCUT2D eigenvalue weighted by Crippen LogP contribution is -2.46. The number of nitrogens with one attached hydrogen (secondary N) is 1. The Bertz CT molecular complexity index is 883. The molecule has 2 aromatic rings. The second kappa shape index (κ2) is 8.52. The summed E-state index contributed by atoms with van der Waals surface area (Å²) in [5, 5.41) is 4.82. The van der Waals surface area contributed by atoms with Gasteiger partial charge in [0.25, 0.3) is 5.91 Å². The molecule has 0 aliphatic carbocycles. The number of carbonyl (C=O) groups excluding carboxylic acids is 1. The van der Waals surface area contributed by atoms with Crippen molar-refractivity contribution in [2.45, 2.75) is 18.2 Å². The Morgan fingerprint density at radius 1 is 1.11 bits per heavy atom. The molecule has 6 nitrogen and oxygen atoms in total. The van der Waals surface area contributed by atoms with E-state index in [2.05, 4.69) is 10.2 Å². The van der Waals surface area contributed by atoms with Crippen molar-refractivity contribution in [1.82, 2.24) is 14.5 Å². The van der Waals surface area contributed by atoms with Crippen molar-refractivity contribution in [3.63, 3.8) is 0 Å². The summed E-state index contributed by atoms with van der Waals surface area (Å²) in [7, 11) is -1.43. The van der Waals surface area contributed by atoms with Gasteiger partial charge in [-0.25, -0.2) is 8.42 Å². The number of likely N-dealkylation sites (N-methyl/N-ethyl adjacent to an activating group) is 1. The smallest absolute Gasteiger partial charge is 0.261 e. The molecule has 3 rings (SSSR count). The van der Waals surface area contributed by atoms with Crippen molar-refractivity contribution in [3.8, 4) is 0 Å². The van der Waals surface area contributed by atoms with E-state index in [1.165, 1.54) is 11.3 Å². The standard InChI is InChI=1S/C19H25N3O3S2/c1-15-8-14-26-18(15)19(23)20-9-7-16-3-5-17(6-4-16)27(24,25)22-12-10-21(2)11-13-22/h3-6,8,14H,7,9-13H2,1-2H3,(H,20,23). The largest absolute Gasteiger partial charge is 0.351 e. The van der Waals surface area contributed by atoms with Gasteiger partial charge in [0.05, 0.1) is 9.77 Å². The molecule has 1 amide bonds. The van der Waals surface area contributed by atoms with Gasteiger partial charge < -0.3 is 10.2 Å². The van der Waals surface area contributed by atoms with E-state index in [-0.39, 0.29) is 5.91 Å². The van der Waals surface area contributed by atoms with E-state index in [4.69, 9.17) is 0 Å². The molecule has 0 spiro atoms. The topological polar surface area (TPSA) is 69.7 Å². The van der Waals surface area contributed by atoms with Crippen LogP contribution in [-0.2, 0) is 16.4 Å². The first-order chi connectivity index (χ1) is 12.9. The Kier molecular flexibility index (Phi) is 6.31. The molecule has 0 bridgehead atoms. The maximum absolute atomic E-state index is 12.7. The molecule has 0 atom stereocenters. The van der Waals surface area contributed by atoms with E-state index in [1.54, 1.807) is 16.4 Å². The maximum Gasteiger partial charge on any atom is 0.261 e. The molecule has 1 fully saturated rings. The van der Waals surface area contributed by atoms with Crippen LogP contribution < -0.4 is 5.32 Å². The molecule has 1 aliphatic rings. The van der Waals surface area contributed by atoms with E-state index in [9.17, 15) is 13.2 Å². The summed E-state index contributed by atoms with van der Waals surface area (Å²) >= 11 is 1.44. The summed E-state index contributed by atoms with van der Waals surface area (Å²) in [6, 6.07) is 8.90. The number of rotatable bonds is 6. The third-order valence-electron chi connectivity index (χ3n) is 4.79. The van der Waals surface area contributed by atoms with Gasteiger partial charge in [-0.05, 0) is 55.1 Å². The van der Waals surface area contributed by atoms with Gasteiger partial charge in [-0.2, -0.15) is 4.31 Å². The molecule has 0 unspecified atom stereocenters. The van der Waals surface area contributed by atoms with Crippen LogP contribution in [0.3, 0.4) is 0 Å². The predicted molar refractivity (Wildman–Crippen MR) is 108 cm³/mol. The van der Waals surface area contributed by atoms with Gasteiger partial charge in [0.15, 0.2) is 0 Å². The Balaban J connectivity index is 1.55. The van der Waals surface area contributed by atoms with Crippen molar-refractivity contribution in [2.75, 3.05) is 39.8 Å². The van der Waals surface area contributed by atoms with Gasteiger partial charge >= 0.3 is 0 Å². The minimum atomic E-state index is -3.43. The number of hydrogen-bond donors (Lipinski definition) is 1. The van der Waals surface area contributed by atoms with Gasteiger partial charge in [0, 0.05) is 32.7 Å². The molecule has 2 heterocycles. The number of thiophene rings is 1. The average molecular weight is 408 g/mol. The quantitative estimate of drug-likeness (QED) is 0.795. The molecule has 0 radical (unpaired) electrons. The molecule has 8 heteroatoms. The van der Waals surface area contributed by atoms with Crippen LogP contribution >= 0.6 is 11.3 Å². The fourth-order valence-electron chi connectivity index (χ4n) is 3.01. The minimum Gasteiger partial charge on any atom is -0.351 e. The van der Waals surface area contributed by atoms with E-state index in [0.717, 1.165) is 29.1 Å². The summed E-state index contributed by atoms with van der Waals surface area (Å²) in [6.45, 7) is 4.98. The summed E-state index contributed by atoms with van der Waals surface area (Å²) in [5.74, 6) is -0.0586. The summed E-state index contributed by atoms with van der Waals surface area (Å²) in [4.78, 5) is 15.3. The van der Waals surface area contributed by atoms with Crippen LogP contribution in [0, 0.1) is 6.92 Å². The molecule has 1 N–H and O–H groups in total. The molecule has 1 saturated heterocycles. The number of amides is 1. The lowest BCUT2D eigenvalue weighted by atomic mass is 10.1. The molecule has 1 aromatic heterocycles. The lowest BCUT2D eigenvalue weighted by molar-refractivity contribution is 0.0957. The Hall–Kier alpha value is -1.74. The first kappa shape index (κ1) is 20.0. The minimum absolute atomic E-state index is 0.0586. The summed E-state index contributed by atoms with van der Waals surface area (Å²) < 4.78 is 27.0. The molecular weight excluding hydrogens is 382 g/mol. The Morgan fingerprint density at radius 3 is 2.37 bits per heavy atom. The van der Waals surface area contributed by atoms with Crippen LogP contribution in [0.15, 0.2) is 40.6 Å². The molecule has 146 valence electrons. The van der Waals surface area contributed by atoms with Gasteiger partial charge in [-0.3, -0.25) is 4.79 Å². The highest BCUT2D eigenvalue weighted by Gasteiger charge is 2.27. The lowest BCUT2D eigenvalue weighted by Gasteiger charge is -2.31. The zero-order chi connectivity index (χ0) is 19.4. The zero-order valence-electron chi connectivity index (χ0n) is 15.6. The van der Waals surface area contributed by atoms with E-state index >= 15 is 0 Å². The number of sulfonamides is 1. The van der Waals surface area contributed by atoms with Crippen molar-refractivity contribution < 1.29 is 13.2 Å². The molecule has 0 saturated carbocycles. The number of carbonyl (C=O) groups is 1. The number of benzene rings is 1. The van der Waals surface area contributed by atoms with Crippen LogP contribution in [-0.4, -0.2) is 63.3 Å². The van der Waals surface area contributed by atoms with E-state index < -0.39 is 10.0 Å². The van der Waals surface area contributed by atoms with Crippen LogP contribution in [0.2, 0.25) is 0 Å².